The van der Waals surface area contributed by atoms with E-state index in [4.69, 9.17) is 4.74 Å². The lowest BCUT2D eigenvalue weighted by Crippen LogP contribution is -2.39. The van der Waals surface area contributed by atoms with Crippen LogP contribution < -0.4 is 4.74 Å². The van der Waals surface area contributed by atoms with Gasteiger partial charge in [0.1, 0.15) is 5.75 Å². The van der Waals surface area contributed by atoms with Crippen LogP contribution in [0.4, 0.5) is 0 Å². The number of carbonyl (C=O) groups excluding carboxylic acids is 1. The second-order valence-corrected chi connectivity index (χ2v) is 9.90. The highest BCUT2D eigenvalue weighted by Crippen LogP contribution is 2.22. The molecule has 6 nitrogen and oxygen atoms in total. The van der Waals surface area contributed by atoms with E-state index >= 15 is 0 Å². The van der Waals surface area contributed by atoms with Crippen molar-refractivity contribution in [2.45, 2.75) is 31.2 Å². The number of ether oxygens (including phenoxy) is 1. The van der Waals surface area contributed by atoms with Gasteiger partial charge in [-0.1, -0.05) is 25.1 Å². The third kappa shape index (κ3) is 5.54. The average Bonchev–Trinajstić information content (AvgIpc) is 2.79. The van der Waals surface area contributed by atoms with Crippen LogP contribution in [0.1, 0.15) is 35.7 Å². The van der Waals surface area contributed by atoms with Gasteiger partial charge in [0.2, 0.25) is 10.0 Å². The summed E-state index contributed by atoms with van der Waals surface area (Å²) >= 11 is 0. The Morgan fingerprint density at radius 3 is 2.45 bits per heavy atom. The number of rotatable bonds is 8. The largest absolute Gasteiger partial charge is 0.497 e. The molecule has 31 heavy (non-hydrogen) atoms. The van der Waals surface area contributed by atoms with E-state index in [9.17, 15) is 13.2 Å². The predicted octanol–water partition coefficient (Wildman–Crippen LogP) is 3.94. The summed E-state index contributed by atoms with van der Waals surface area (Å²) in [6.07, 6.45) is 3.76. The van der Waals surface area contributed by atoms with E-state index in [1.807, 2.05) is 17.0 Å². The van der Waals surface area contributed by atoms with Gasteiger partial charge in [-0.25, -0.2) is 8.42 Å². The third-order valence-electron chi connectivity index (χ3n) is 5.53. The maximum Gasteiger partial charge on any atom is 0.253 e. The fourth-order valence-corrected chi connectivity index (χ4v) is 5.20. The number of hydrogen-bond donors (Lipinski definition) is 0. The zero-order chi connectivity index (χ0) is 22.4. The van der Waals surface area contributed by atoms with Gasteiger partial charge in [0.15, 0.2) is 0 Å². The van der Waals surface area contributed by atoms with E-state index in [0.717, 1.165) is 31.5 Å². The van der Waals surface area contributed by atoms with Crippen molar-refractivity contribution in [3.05, 3.63) is 72.3 Å². The molecule has 1 saturated heterocycles. The maximum absolute atomic E-state index is 13.1. The molecule has 0 aliphatic carbocycles. The molecular weight excluding hydrogens is 412 g/mol. The molecule has 0 unspecified atom stereocenters. The second kappa shape index (κ2) is 10.1. The van der Waals surface area contributed by atoms with Gasteiger partial charge < -0.3 is 9.64 Å². The molecule has 0 spiro atoms. The summed E-state index contributed by atoms with van der Waals surface area (Å²) in [6.45, 7) is 7.81. The summed E-state index contributed by atoms with van der Waals surface area (Å²) in [6, 6.07) is 13.5. The molecule has 0 radical (unpaired) electrons. The zero-order valence-corrected chi connectivity index (χ0v) is 19.0. The Bertz CT molecular complexity index is 1000. The smallest absolute Gasteiger partial charge is 0.253 e. The minimum Gasteiger partial charge on any atom is -0.497 e. The van der Waals surface area contributed by atoms with Crippen LogP contribution in [-0.4, -0.2) is 50.3 Å². The van der Waals surface area contributed by atoms with Crippen molar-refractivity contribution < 1.29 is 17.9 Å². The monoisotopic (exact) mass is 442 g/mol. The van der Waals surface area contributed by atoms with Crippen LogP contribution in [0.3, 0.4) is 0 Å². The van der Waals surface area contributed by atoms with Gasteiger partial charge in [0.05, 0.1) is 12.0 Å². The Kier molecular flexibility index (Phi) is 7.51. The summed E-state index contributed by atoms with van der Waals surface area (Å²) in [4.78, 5) is 14.9. The number of likely N-dealkylation sites (tertiary alicyclic amines) is 1. The third-order valence-corrected chi connectivity index (χ3v) is 7.36. The molecular formula is C24H30N2O4S. The number of piperidine rings is 1. The number of sulfonamides is 1. The number of hydrogen-bond acceptors (Lipinski definition) is 4. The van der Waals surface area contributed by atoms with Crippen molar-refractivity contribution in [1.29, 1.82) is 0 Å². The first-order valence-corrected chi connectivity index (χ1v) is 11.9. The highest BCUT2D eigenvalue weighted by molar-refractivity contribution is 7.89. The molecule has 7 heteroatoms. The van der Waals surface area contributed by atoms with Gasteiger partial charge in [-0.05, 0) is 60.7 Å². The van der Waals surface area contributed by atoms with Crippen molar-refractivity contribution >= 4 is 15.9 Å². The molecule has 166 valence electrons. The van der Waals surface area contributed by atoms with E-state index in [-0.39, 0.29) is 23.9 Å². The highest BCUT2D eigenvalue weighted by atomic mass is 32.2. The van der Waals surface area contributed by atoms with Gasteiger partial charge in [-0.2, -0.15) is 4.31 Å². The Labute approximate surface area is 185 Å². The van der Waals surface area contributed by atoms with Crippen LogP contribution in [0.15, 0.2) is 66.1 Å². The molecule has 1 heterocycles. The van der Waals surface area contributed by atoms with E-state index in [1.54, 1.807) is 30.3 Å². The molecule has 0 saturated carbocycles. The Morgan fingerprint density at radius 2 is 1.87 bits per heavy atom. The number of nitrogens with zero attached hydrogens (tertiary/aromatic N) is 2. The molecule has 0 aromatic heterocycles. The van der Waals surface area contributed by atoms with E-state index in [2.05, 4.69) is 13.5 Å². The van der Waals surface area contributed by atoms with E-state index in [1.165, 1.54) is 23.5 Å². The van der Waals surface area contributed by atoms with Crippen molar-refractivity contribution in [2.75, 3.05) is 26.7 Å². The van der Waals surface area contributed by atoms with Crippen molar-refractivity contribution in [1.82, 2.24) is 9.21 Å². The van der Waals surface area contributed by atoms with E-state index in [0.29, 0.717) is 17.2 Å². The molecule has 1 aliphatic rings. The van der Waals surface area contributed by atoms with Gasteiger partial charge in [0, 0.05) is 31.7 Å². The molecule has 2 aromatic carbocycles. The molecule has 1 atom stereocenters. The molecule has 0 N–H and O–H groups in total. The van der Waals surface area contributed by atoms with Crippen LogP contribution in [-0.2, 0) is 16.6 Å². The van der Waals surface area contributed by atoms with E-state index < -0.39 is 10.0 Å². The Balaban J connectivity index is 1.75. The average molecular weight is 443 g/mol. The van der Waals surface area contributed by atoms with Crippen LogP contribution in [0.5, 0.6) is 5.75 Å². The fraction of sp³-hybridized carbons (Fsp3) is 0.375. The second-order valence-electron chi connectivity index (χ2n) is 7.96. The van der Waals surface area contributed by atoms with Crippen molar-refractivity contribution in [2.24, 2.45) is 5.92 Å². The molecule has 1 aliphatic heterocycles. The topological polar surface area (TPSA) is 66.9 Å². The van der Waals surface area contributed by atoms with Gasteiger partial charge in [-0.15, -0.1) is 6.58 Å². The number of methoxy groups -OCH3 is 1. The van der Waals surface area contributed by atoms with Crippen molar-refractivity contribution in [3.63, 3.8) is 0 Å². The fourth-order valence-electron chi connectivity index (χ4n) is 3.80. The first-order valence-electron chi connectivity index (χ1n) is 10.5. The minimum absolute atomic E-state index is 0.0342. The SMILES string of the molecule is C=CCN(Cc1ccc(C(=O)N2CCC[C@@H](C)C2)cc1)S(=O)(=O)c1ccc(OC)cc1. The van der Waals surface area contributed by atoms with Crippen molar-refractivity contribution in [3.8, 4) is 5.75 Å². The molecule has 2 aromatic rings. The van der Waals surface area contributed by atoms with Gasteiger partial charge in [0.25, 0.3) is 5.91 Å². The lowest BCUT2D eigenvalue weighted by Gasteiger charge is -2.31. The number of carbonyl (C=O) groups is 1. The Hall–Kier alpha value is -2.64. The van der Waals surface area contributed by atoms with Crippen LogP contribution in [0.25, 0.3) is 0 Å². The first-order chi connectivity index (χ1) is 14.8. The Morgan fingerprint density at radius 1 is 1.19 bits per heavy atom. The summed E-state index contributed by atoms with van der Waals surface area (Å²) < 4.78 is 32.7. The maximum atomic E-state index is 13.1. The minimum atomic E-state index is -3.70. The van der Waals surface area contributed by atoms with Crippen LogP contribution in [0, 0.1) is 5.92 Å². The predicted molar refractivity (Wildman–Crippen MR) is 122 cm³/mol. The summed E-state index contributed by atoms with van der Waals surface area (Å²) in [5, 5.41) is 0. The zero-order valence-electron chi connectivity index (χ0n) is 18.2. The molecule has 1 fully saturated rings. The summed E-state index contributed by atoms with van der Waals surface area (Å²) in [5.41, 5.74) is 1.44. The van der Waals surface area contributed by atoms with Crippen LogP contribution >= 0.6 is 0 Å². The molecule has 3 rings (SSSR count). The summed E-state index contributed by atoms with van der Waals surface area (Å²) in [7, 11) is -2.17. The first kappa shape index (κ1) is 23.0. The number of amides is 1. The van der Waals surface area contributed by atoms with Crippen LogP contribution in [0.2, 0.25) is 0 Å². The van der Waals surface area contributed by atoms with Gasteiger partial charge >= 0.3 is 0 Å². The summed E-state index contributed by atoms with van der Waals surface area (Å²) in [5.74, 6) is 1.15. The van der Waals surface area contributed by atoms with Gasteiger partial charge in [-0.3, -0.25) is 4.79 Å². The normalized spacial score (nSPS) is 16.9. The molecule has 1 amide bonds. The lowest BCUT2D eigenvalue weighted by atomic mass is 9.99. The quantitative estimate of drug-likeness (QED) is 0.581. The number of benzene rings is 2. The molecule has 0 bridgehead atoms. The highest BCUT2D eigenvalue weighted by Gasteiger charge is 2.25. The lowest BCUT2D eigenvalue weighted by molar-refractivity contribution is 0.0683. The standard InChI is InChI=1S/C24H30N2O4S/c1-4-15-26(31(28,29)23-13-11-22(30-3)12-14-23)18-20-7-9-21(10-8-20)24(27)25-16-5-6-19(2)17-25/h4,7-14,19H,1,5-6,15-18H2,2-3H3/t19-/m1/s1.